The molecule has 1 unspecified atom stereocenters. The zero-order valence-electron chi connectivity index (χ0n) is 9.50. The SMILES string of the molecule is O=C(SCC1=CN2C(=O)CC2SC1)c1ccco1. The molecule has 3 rings (SSSR count). The van der Waals surface area contributed by atoms with Crippen LogP contribution in [0, 0.1) is 0 Å². The molecule has 1 aromatic rings. The fraction of sp³-hybridized carbons (Fsp3) is 0.333. The summed E-state index contributed by atoms with van der Waals surface area (Å²) in [6.07, 6.45) is 4.04. The smallest absolute Gasteiger partial charge is 0.254 e. The fourth-order valence-electron chi connectivity index (χ4n) is 1.84. The first-order valence-corrected chi connectivity index (χ1v) is 7.60. The van der Waals surface area contributed by atoms with Crippen molar-refractivity contribution < 1.29 is 14.0 Å². The molecule has 1 atom stereocenters. The lowest BCUT2D eigenvalue weighted by Gasteiger charge is -2.41. The van der Waals surface area contributed by atoms with Gasteiger partial charge in [-0.15, -0.1) is 11.8 Å². The molecule has 0 aliphatic carbocycles. The summed E-state index contributed by atoms with van der Waals surface area (Å²) < 4.78 is 5.04. The van der Waals surface area contributed by atoms with Crippen LogP contribution in [0.15, 0.2) is 34.6 Å². The third kappa shape index (κ3) is 2.22. The molecule has 1 aromatic heterocycles. The highest BCUT2D eigenvalue weighted by Gasteiger charge is 2.37. The molecule has 3 heterocycles. The van der Waals surface area contributed by atoms with Crippen LogP contribution in [0.3, 0.4) is 0 Å². The molecule has 0 radical (unpaired) electrons. The molecule has 1 saturated heterocycles. The van der Waals surface area contributed by atoms with E-state index >= 15 is 0 Å². The minimum Gasteiger partial charge on any atom is -0.460 e. The Bertz CT molecular complexity index is 509. The molecule has 2 aliphatic rings. The fourth-order valence-corrected chi connectivity index (χ4v) is 3.90. The normalized spacial score (nSPS) is 22.2. The Morgan fingerprint density at radius 3 is 3.22 bits per heavy atom. The minimum absolute atomic E-state index is 0.0667. The number of β-lactam (4-membered cyclic amide) rings is 1. The average molecular weight is 281 g/mol. The van der Waals surface area contributed by atoms with E-state index in [0.717, 1.165) is 11.3 Å². The van der Waals surface area contributed by atoms with Gasteiger partial charge >= 0.3 is 0 Å². The molecule has 0 saturated carbocycles. The van der Waals surface area contributed by atoms with Crippen molar-refractivity contribution in [3.63, 3.8) is 0 Å². The lowest BCUT2D eigenvalue weighted by atomic mass is 10.2. The topological polar surface area (TPSA) is 50.5 Å². The zero-order chi connectivity index (χ0) is 12.5. The van der Waals surface area contributed by atoms with Gasteiger partial charge in [-0.25, -0.2) is 0 Å². The van der Waals surface area contributed by atoms with E-state index in [9.17, 15) is 9.59 Å². The third-order valence-electron chi connectivity index (χ3n) is 2.84. The van der Waals surface area contributed by atoms with Gasteiger partial charge in [0.15, 0.2) is 5.76 Å². The van der Waals surface area contributed by atoms with Crippen molar-refractivity contribution in [3.8, 4) is 0 Å². The van der Waals surface area contributed by atoms with Gasteiger partial charge in [-0.05, 0) is 17.7 Å². The molecule has 2 aliphatic heterocycles. The lowest BCUT2D eigenvalue weighted by Crippen LogP contribution is -2.49. The summed E-state index contributed by atoms with van der Waals surface area (Å²) in [5.74, 6) is 2.06. The maximum Gasteiger partial charge on any atom is 0.254 e. The summed E-state index contributed by atoms with van der Waals surface area (Å²) >= 11 is 2.98. The molecular formula is C12H11NO3S2. The van der Waals surface area contributed by atoms with E-state index in [-0.39, 0.29) is 11.0 Å². The van der Waals surface area contributed by atoms with Crippen molar-refractivity contribution in [1.82, 2.24) is 4.90 Å². The Morgan fingerprint density at radius 1 is 1.61 bits per heavy atom. The van der Waals surface area contributed by atoms with Crippen LogP contribution in [-0.2, 0) is 4.79 Å². The number of amides is 1. The van der Waals surface area contributed by atoms with Crippen molar-refractivity contribution in [2.75, 3.05) is 11.5 Å². The minimum atomic E-state index is -0.0667. The molecule has 94 valence electrons. The molecule has 0 bridgehead atoms. The maximum absolute atomic E-state index is 11.7. The van der Waals surface area contributed by atoms with Crippen molar-refractivity contribution in [3.05, 3.63) is 35.9 Å². The van der Waals surface area contributed by atoms with Crippen molar-refractivity contribution in [1.29, 1.82) is 0 Å². The van der Waals surface area contributed by atoms with Gasteiger partial charge in [0.2, 0.25) is 5.91 Å². The number of hydrogen-bond donors (Lipinski definition) is 0. The summed E-state index contributed by atoms with van der Waals surface area (Å²) in [4.78, 5) is 24.8. The Kier molecular flexibility index (Phi) is 3.22. The Labute approximate surface area is 113 Å². The highest BCUT2D eigenvalue weighted by Crippen LogP contribution is 2.36. The zero-order valence-corrected chi connectivity index (χ0v) is 11.1. The number of hydrogen-bond acceptors (Lipinski definition) is 5. The first kappa shape index (κ1) is 11.9. The van der Waals surface area contributed by atoms with Crippen LogP contribution in [0.1, 0.15) is 17.0 Å². The van der Waals surface area contributed by atoms with E-state index < -0.39 is 0 Å². The third-order valence-corrected chi connectivity index (χ3v) is 5.14. The Morgan fingerprint density at radius 2 is 2.50 bits per heavy atom. The molecule has 1 amide bonds. The largest absolute Gasteiger partial charge is 0.460 e. The number of furan rings is 1. The van der Waals surface area contributed by atoms with Gasteiger partial charge in [-0.3, -0.25) is 9.59 Å². The van der Waals surface area contributed by atoms with Crippen molar-refractivity contribution in [2.24, 2.45) is 0 Å². The molecule has 18 heavy (non-hydrogen) atoms. The summed E-state index contributed by atoms with van der Waals surface area (Å²) in [5, 5.41) is 0.259. The van der Waals surface area contributed by atoms with Crippen LogP contribution in [-0.4, -0.2) is 32.8 Å². The summed E-state index contributed by atoms with van der Waals surface area (Å²) in [6, 6.07) is 3.36. The van der Waals surface area contributed by atoms with Crippen molar-refractivity contribution in [2.45, 2.75) is 11.8 Å². The monoisotopic (exact) mass is 281 g/mol. The Hall–Kier alpha value is -1.14. The van der Waals surface area contributed by atoms with Crippen LogP contribution < -0.4 is 0 Å². The van der Waals surface area contributed by atoms with Gasteiger partial charge in [0.05, 0.1) is 18.1 Å². The van der Waals surface area contributed by atoms with Gasteiger partial charge < -0.3 is 9.32 Å². The first-order valence-electron chi connectivity index (χ1n) is 5.57. The number of thioether (sulfide) groups is 2. The van der Waals surface area contributed by atoms with Gasteiger partial charge in [0.25, 0.3) is 5.12 Å². The van der Waals surface area contributed by atoms with Crippen molar-refractivity contribution >= 4 is 34.5 Å². The van der Waals surface area contributed by atoms with E-state index in [1.54, 1.807) is 28.8 Å². The molecule has 1 fully saturated rings. The van der Waals surface area contributed by atoms with Gasteiger partial charge in [0.1, 0.15) is 0 Å². The maximum atomic E-state index is 11.7. The van der Waals surface area contributed by atoms with E-state index in [1.807, 2.05) is 6.20 Å². The van der Waals surface area contributed by atoms with E-state index in [0.29, 0.717) is 23.3 Å². The number of carbonyl (C=O) groups excluding carboxylic acids is 2. The van der Waals surface area contributed by atoms with Gasteiger partial charge in [-0.1, -0.05) is 11.8 Å². The highest BCUT2D eigenvalue weighted by atomic mass is 32.2. The number of carbonyl (C=O) groups is 2. The van der Waals surface area contributed by atoms with Crippen LogP contribution in [0.5, 0.6) is 0 Å². The standard InChI is InChI=1S/C12H11NO3S2/c14-10-4-11-13(10)5-8(6-17-11)7-18-12(15)9-2-1-3-16-9/h1-3,5,11H,4,6-7H2. The second-order valence-corrected chi connectivity index (χ2v) is 6.23. The van der Waals surface area contributed by atoms with E-state index in [4.69, 9.17) is 4.42 Å². The molecule has 4 nitrogen and oxygen atoms in total. The quantitative estimate of drug-likeness (QED) is 0.796. The van der Waals surface area contributed by atoms with E-state index in [2.05, 4.69) is 0 Å². The van der Waals surface area contributed by atoms with Crippen LogP contribution in [0.25, 0.3) is 0 Å². The molecular weight excluding hydrogens is 270 g/mol. The molecule has 6 heteroatoms. The van der Waals surface area contributed by atoms with Gasteiger partial charge in [-0.2, -0.15) is 0 Å². The Balaban J connectivity index is 1.57. The summed E-state index contributed by atoms with van der Waals surface area (Å²) in [6.45, 7) is 0. The van der Waals surface area contributed by atoms with Crippen LogP contribution in [0.2, 0.25) is 0 Å². The predicted molar refractivity (Wildman–Crippen MR) is 71.3 cm³/mol. The molecule has 0 aromatic carbocycles. The number of fused-ring (bicyclic) bond motifs is 1. The number of rotatable bonds is 3. The highest BCUT2D eigenvalue weighted by molar-refractivity contribution is 8.14. The van der Waals surface area contributed by atoms with Crippen LogP contribution >= 0.6 is 23.5 Å². The van der Waals surface area contributed by atoms with Gasteiger partial charge in [0, 0.05) is 17.7 Å². The average Bonchev–Trinajstić information content (AvgIpc) is 2.89. The molecule has 0 N–H and O–H groups in total. The summed E-state index contributed by atoms with van der Waals surface area (Å²) in [7, 11) is 0. The van der Waals surface area contributed by atoms with E-state index in [1.165, 1.54) is 18.0 Å². The second kappa shape index (κ2) is 4.85. The number of nitrogens with zero attached hydrogens (tertiary/aromatic N) is 1. The van der Waals surface area contributed by atoms with Crippen LogP contribution in [0.4, 0.5) is 0 Å². The summed E-state index contributed by atoms with van der Waals surface area (Å²) in [5.41, 5.74) is 1.12. The predicted octanol–water partition coefficient (Wildman–Crippen LogP) is 2.34. The second-order valence-electron chi connectivity index (χ2n) is 4.11. The lowest BCUT2D eigenvalue weighted by molar-refractivity contribution is -0.137. The molecule has 0 spiro atoms. The first-order chi connectivity index (χ1) is 8.74.